The molecule has 0 spiro atoms. The maximum absolute atomic E-state index is 12.9. The molecule has 0 radical (unpaired) electrons. The van der Waals surface area contributed by atoms with Gasteiger partial charge >= 0.3 is 12.1 Å². The van der Waals surface area contributed by atoms with E-state index < -0.39 is 29.6 Å². The molecule has 3 fully saturated rings. The Labute approximate surface area is 78.4 Å². The molecule has 3 aliphatic rings. The maximum atomic E-state index is 12.9. The minimum atomic E-state index is -4.43. The van der Waals surface area contributed by atoms with Gasteiger partial charge in [0.2, 0.25) is 0 Å². The molecule has 0 aromatic carbocycles. The van der Waals surface area contributed by atoms with E-state index in [2.05, 4.69) is 0 Å². The Morgan fingerprint density at radius 3 is 2.57 bits per heavy atom. The Balaban J connectivity index is 2.11. The first kappa shape index (κ1) is 8.56. The van der Waals surface area contributed by atoms with Crippen LogP contribution in [0.15, 0.2) is 0 Å². The minimum absolute atomic E-state index is 0.0399. The molecule has 14 heavy (non-hydrogen) atoms. The molecule has 1 aliphatic heterocycles. The fourth-order valence-corrected chi connectivity index (χ4v) is 3.44. The zero-order valence-electron chi connectivity index (χ0n) is 7.30. The van der Waals surface area contributed by atoms with E-state index in [-0.39, 0.29) is 12.3 Å². The Bertz CT molecular complexity index is 312. The van der Waals surface area contributed by atoms with E-state index in [4.69, 9.17) is 4.74 Å². The second-order valence-electron chi connectivity index (χ2n) is 4.56. The molecule has 0 amide bonds. The summed E-state index contributed by atoms with van der Waals surface area (Å²) in [7, 11) is 0. The lowest BCUT2D eigenvalue weighted by Gasteiger charge is -2.29. The molecule has 2 nitrogen and oxygen atoms in total. The summed E-state index contributed by atoms with van der Waals surface area (Å²) in [5, 5.41) is 0. The van der Waals surface area contributed by atoms with Crippen LogP contribution in [0.25, 0.3) is 0 Å². The summed E-state index contributed by atoms with van der Waals surface area (Å²) in [5.41, 5.74) is -2.14. The summed E-state index contributed by atoms with van der Waals surface area (Å²) in [5.74, 6) is -1.59. The molecule has 78 valence electrons. The Hall–Kier alpha value is -0.740. The van der Waals surface area contributed by atoms with Crippen molar-refractivity contribution in [3.63, 3.8) is 0 Å². The fraction of sp³-hybridized carbons (Fsp3) is 0.889. The van der Waals surface area contributed by atoms with Crippen molar-refractivity contribution < 1.29 is 22.7 Å². The minimum Gasteiger partial charge on any atom is -0.461 e. The molecule has 1 saturated heterocycles. The van der Waals surface area contributed by atoms with Gasteiger partial charge in [-0.15, -0.1) is 0 Å². The molecule has 2 bridgehead atoms. The SMILES string of the molecule is O=C1OC2CC3CC2C1(C(F)(F)F)C3. The third kappa shape index (κ3) is 0.696. The van der Waals surface area contributed by atoms with E-state index in [0.717, 1.165) is 0 Å². The average Bonchev–Trinajstić information content (AvgIpc) is 2.59. The van der Waals surface area contributed by atoms with Crippen molar-refractivity contribution in [1.29, 1.82) is 0 Å². The quantitative estimate of drug-likeness (QED) is 0.566. The summed E-state index contributed by atoms with van der Waals surface area (Å²) in [4.78, 5) is 11.3. The van der Waals surface area contributed by atoms with Gasteiger partial charge in [-0.25, -0.2) is 0 Å². The number of carbonyl (C=O) groups is 1. The molecule has 3 rings (SSSR count). The first-order valence-electron chi connectivity index (χ1n) is 4.73. The van der Waals surface area contributed by atoms with Crippen molar-refractivity contribution in [2.45, 2.75) is 31.5 Å². The molecule has 0 N–H and O–H groups in total. The predicted molar refractivity (Wildman–Crippen MR) is 39.2 cm³/mol. The van der Waals surface area contributed by atoms with Crippen LogP contribution in [0.2, 0.25) is 0 Å². The highest BCUT2D eigenvalue weighted by Gasteiger charge is 2.77. The number of ether oxygens (including phenoxy) is 1. The summed E-state index contributed by atoms with van der Waals surface area (Å²) in [6.45, 7) is 0. The molecule has 0 aromatic rings. The molecular weight excluding hydrogens is 197 g/mol. The van der Waals surface area contributed by atoms with Crippen LogP contribution in [0, 0.1) is 17.3 Å². The first-order chi connectivity index (χ1) is 6.45. The summed E-state index contributed by atoms with van der Waals surface area (Å²) < 4.78 is 43.4. The van der Waals surface area contributed by atoms with Gasteiger partial charge in [0.1, 0.15) is 6.10 Å². The monoisotopic (exact) mass is 206 g/mol. The van der Waals surface area contributed by atoms with Crippen LogP contribution in [-0.4, -0.2) is 18.2 Å². The second-order valence-corrected chi connectivity index (χ2v) is 4.56. The van der Waals surface area contributed by atoms with Gasteiger partial charge < -0.3 is 4.74 Å². The first-order valence-corrected chi connectivity index (χ1v) is 4.73. The number of hydrogen-bond acceptors (Lipinski definition) is 2. The van der Waals surface area contributed by atoms with Crippen molar-refractivity contribution in [1.82, 2.24) is 0 Å². The second kappa shape index (κ2) is 2.09. The third-order valence-electron chi connectivity index (χ3n) is 3.97. The predicted octanol–water partition coefficient (Wildman–Crippen LogP) is 1.89. The van der Waals surface area contributed by atoms with Gasteiger partial charge in [0.15, 0.2) is 5.41 Å². The zero-order chi connectivity index (χ0) is 10.1. The van der Waals surface area contributed by atoms with E-state index in [9.17, 15) is 18.0 Å². The molecule has 2 aliphatic carbocycles. The van der Waals surface area contributed by atoms with E-state index in [1.54, 1.807) is 0 Å². The molecular formula is C9H9F3O2. The molecule has 2 saturated carbocycles. The molecule has 4 unspecified atom stereocenters. The van der Waals surface area contributed by atoms with Gasteiger partial charge in [0.05, 0.1) is 0 Å². The van der Waals surface area contributed by atoms with Crippen LogP contribution < -0.4 is 0 Å². The molecule has 1 heterocycles. The highest BCUT2D eigenvalue weighted by atomic mass is 19.4. The van der Waals surface area contributed by atoms with Crippen molar-refractivity contribution >= 4 is 5.97 Å². The van der Waals surface area contributed by atoms with Crippen LogP contribution >= 0.6 is 0 Å². The van der Waals surface area contributed by atoms with Gasteiger partial charge in [0.25, 0.3) is 0 Å². The lowest BCUT2D eigenvalue weighted by molar-refractivity contribution is -0.229. The van der Waals surface area contributed by atoms with Crippen molar-refractivity contribution in [2.24, 2.45) is 17.3 Å². The number of alkyl halides is 3. The van der Waals surface area contributed by atoms with E-state index in [0.29, 0.717) is 12.8 Å². The summed E-state index contributed by atoms with van der Waals surface area (Å²) in [6.07, 6.45) is -3.79. The maximum Gasteiger partial charge on any atom is 0.405 e. The Kier molecular flexibility index (Phi) is 1.28. The fourth-order valence-electron chi connectivity index (χ4n) is 3.44. The number of carbonyl (C=O) groups excluding carboxylic acids is 1. The topological polar surface area (TPSA) is 26.3 Å². The number of rotatable bonds is 0. The van der Waals surface area contributed by atoms with Crippen molar-refractivity contribution in [2.75, 3.05) is 0 Å². The van der Waals surface area contributed by atoms with Gasteiger partial charge in [0, 0.05) is 5.92 Å². The van der Waals surface area contributed by atoms with Gasteiger partial charge in [-0.1, -0.05) is 0 Å². The largest absolute Gasteiger partial charge is 0.461 e. The molecule has 5 heteroatoms. The van der Waals surface area contributed by atoms with Crippen LogP contribution in [0.5, 0.6) is 0 Å². The Morgan fingerprint density at radius 2 is 2.07 bits per heavy atom. The van der Waals surface area contributed by atoms with Crippen molar-refractivity contribution in [3.8, 4) is 0 Å². The smallest absolute Gasteiger partial charge is 0.405 e. The number of esters is 1. The summed E-state index contributed by atoms with van der Waals surface area (Å²) >= 11 is 0. The number of fused-ring (bicyclic) bond motifs is 1. The lowest BCUT2D eigenvalue weighted by atomic mass is 9.74. The number of halogens is 3. The number of hydrogen-bond donors (Lipinski definition) is 0. The van der Waals surface area contributed by atoms with E-state index in [1.807, 2.05) is 0 Å². The Morgan fingerprint density at radius 1 is 1.36 bits per heavy atom. The molecule has 0 aromatic heterocycles. The van der Waals surface area contributed by atoms with Crippen molar-refractivity contribution in [3.05, 3.63) is 0 Å². The third-order valence-corrected chi connectivity index (χ3v) is 3.97. The van der Waals surface area contributed by atoms with Gasteiger partial charge in [-0.3, -0.25) is 4.79 Å². The van der Waals surface area contributed by atoms with E-state index >= 15 is 0 Å². The lowest BCUT2D eigenvalue weighted by Crippen LogP contribution is -2.45. The van der Waals surface area contributed by atoms with Gasteiger partial charge in [-0.2, -0.15) is 13.2 Å². The van der Waals surface area contributed by atoms with Crippen LogP contribution in [0.1, 0.15) is 19.3 Å². The van der Waals surface area contributed by atoms with Crippen LogP contribution in [-0.2, 0) is 9.53 Å². The van der Waals surface area contributed by atoms with Gasteiger partial charge in [-0.05, 0) is 25.2 Å². The highest BCUT2D eigenvalue weighted by molar-refractivity contribution is 5.82. The highest BCUT2D eigenvalue weighted by Crippen LogP contribution is 2.67. The average molecular weight is 206 g/mol. The normalized spacial score (nSPS) is 49.9. The van der Waals surface area contributed by atoms with E-state index in [1.165, 1.54) is 0 Å². The molecule has 4 atom stereocenters. The van der Waals surface area contributed by atoms with Crippen LogP contribution in [0.4, 0.5) is 13.2 Å². The standard InChI is InChI=1S/C9H9F3O2/c10-9(11,12)8-3-4-1-5(8)6(2-4)14-7(8)13/h4-6H,1-3H2. The zero-order valence-corrected chi connectivity index (χ0v) is 7.30. The summed E-state index contributed by atoms with van der Waals surface area (Å²) in [6, 6.07) is 0. The van der Waals surface area contributed by atoms with Crippen LogP contribution in [0.3, 0.4) is 0 Å².